The summed E-state index contributed by atoms with van der Waals surface area (Å²) in [5.74, 6) is -0.517. The molecule has 1 aromatic rings. The summed E-state index contributed by atoms with van der Waals surface area (Å²) in [6.07, 6.45) is 1.98. The Labute approximate surface area is 100 Å². The zero-order chi connectivity index (χ0) is 12.7. The number of aromatic carboxylic acids is 1. The minimum atomic E-state index is -1.08. The lowest BCUT2D eigenvalue weighted by Gasteiger charge is -2.17. The largest absolute Gasteiger partial charge is 0.476 e. The predicted octanol–water partition coefficient (Wildman–Crippen LogP) is 1.40. The molecule has 0 aliphatic carbocycles. The fourth-order valence-corrected chi connectivity index (χ4v) is 1.48. The van der Waals surface area contributed by atoms with Crippen molar-refractivity contribution in [2.24, 2.45) is 0 Å². The first-order valence-electron chi connectivity index (χ1n) is 5.49. The summed E-state index contributed by atoms with van der Waals surface area (Å²) in [6.45, 7) is 2.67. The molecule has 17 heavy (non-hydrogen) atoms. The van der Waals surface area contributed by atoms with Gasteiger partial charge in [0.15, 0.2) is 5.69 Å². The molecule has 0 radical (unpaired) electrons. The van der Waals surface area contributed by atoms with Crippen LogP contribution in [0.15, 0.2) is 12.1 Å². The lowest BCUT2D eigenvalue weighted by molar-refractivity contribution is 0.0689. The van der Waals surface area contributed by atoms with Gasteiger partial charge in [-0.25, -0.2) is 4.79 Å². The Hall–Kier alpha value is -1.69. The van der Waals surface area contributed by atoms with Crippen molar-refractivity contribution in [3.63, 3.8) is 0 Å². The van der Waals surface area contributed by atoms with Crippen molar-refractivity contribution < 1.29 is 14.6 Å². The van der Waals surface area contributed by atoms with E-state index in [0.29, 0.717) is 12.4 Å². The van der Waals surface area contributed by atoms with E-state index in [4.69, 9.17) is 9.84 Å². The molecular weight excluding hydrogens is 222 g/mol. The maximum Gasteiger partial charge on any atom is 0.356 e. The Bertz CT molecular complexity index is 347. The standard InChI is InChI=1S/C11H17N3O3/c1-3-4-8(7-17-2)12-10-6-5-9(11(15)16)13-14-10/h5-6,8H,3-4,7H2,1-2H3,(H,12,14)(H,15,16). The van der Waals surface area contributed by atoms with E-state index < -0.39 is 5.97 Å². The topological polar surface area (TPSA) is 84.3 Å². The first-order chi connectivity index (χ1) is 8.17. The van der Waals surface area contributed by atoms with Gasteiger partial charge in [-0.1, -0.05) is 13.3 Å². The normalized spacial score (nSPS) is 12.1. The van der Waals surface area contributed by atoms with Gasteiger partial charge in [-0.05, 0) is 18.6 Å². The summed E-state index contributed by atoms with van der Waals surface area (Å²) >= 11 is 0. The maximum absolute atomic E-state index is 10.6. The number of hydrogen-bond acceptors (Lipinski definition) is 5. The van der Waals surface area contributed by atoms with Gasteiger partial charge in [-0.15, -0.1) is 10.2 Å². The number of ether oxygens (including phenoxy) is 1. The number of nitrogens with one attached hydrogen (secondary N) is 1. The average molecular weight is 239 g/mol. The first kappa shape index (κ1) is 13.4. The van der Waals surface area contributed by atoms with Crippen molar-refractivity contribution >= 4 is 11.8 Å². The smallest absolute Gasteiger partial charge is 0.356 e. The van der Waals surface area contributed by atoms with Gasteiger partial charge in [-0.3, -0.25) is 0 Å². The summed E-state index contributed by atoms with van der Waals surface area (Å²) < 4.78 is 5.09. The van der Waals surface area contributed by atoms with E-state index in [-0.39, 0.29) is 11.7 Å². The average Bonchev–Trinajstić information content (AvgIpc) is 2.30. The Morgan fingerprint density at radius 1 is 1.53 bits per heavy atom. The molecule has 6 heteroatoms. The molecule has 0 spiro atoms. The Morgan fingerprint density at radius 3 is 2.76 bits per heavy atom. The van der Waals surface area contributed by atoms with Crippen LogP contribution >= 0.6 is 0 Å². The van der Waals surface area contributed by atoms with Crippen LogP contribution in [0.2, 0.25) is 0 Å². The van der Waals surface area contributed by atoms with E-state index >= 15 is 0 Å². The number of anilines is 1. The third kappa shape index (κ3) is 4.36. The van der Waals surface area contributed by atoms with Crippen LogP contribution in [0, 0.1) is 0 Å². The van der Waals surface area contributed by atoms with Gasteiger partial charge < -0.3 is 15.2 Å². The number of carbonyl (C=O) groups is 1. The zero-order valence-electron chi connectivity index (χ0n) is 10.0. The van der Waals surface area contributed by atoms with Gasteiger partial charge in [-0.2, -0.15) is 0 Å². The molecule has 1 atom stereocenters. The maximum atomic E-state index is 10.6. The van der Waals surface area contributed by atoms with Gasteiger partial charge in [0.25, 0.3) is 0 Å². The fourth-order valence-electron chi connectivity index (χ4n) is 1.48. The minimum absolute atomic E-state index is 0.0608. The molecule has 0 saturated carbocycles. The van der Waals surface area contributed by atoms with Crippen molar-refractivity contribution in [2.45, 2.75) is 25.8 Å². The van der Waals surface area contributed by atoms with E-state index in [1.807, 2.05) is 0 Å². The summed E-state index contributed by atoms with van der Waals surface area (Å²) in [4.78, 5) is 10.6. The molecule has 0 bridgehead atoms. The molecule has 2 N–H and O–H groups in total. The van der Waals surface area contributed by atoms with Crippen LogP contribution in [0.4, 0.5) is 5.82 Å². The highest BCUT2D eigenvalue weighted by Gasteiger charge is 2.09. The Morgan fingerprint density at radius 2 is 2.29 bits per heavy atom. The van der Waals surface area contributed by atoms with Crippen molar-refractivity contribution in [2.75, 3.05) is 19.0 Å². The highest BCUT2D eigenvalue weighted by molar-refractivity contribution is 5.85. The van der Waals surface area contributed by atoms with Crippen LogP contribution in [0.25, 0.3) is 0 Å². The zero-order valence-corrected chi connectivity index (χ0v) is 10.0. The monoisotopic (exact) mass is 239 g/mol. The fraction of sp³-hybridized carbons (Fsp3) is 0.545. The lowest BCUT2D eigenvalue weighted by atomic mass is 10.2. The number of aromatic nitrogens is 2. The summed E-state index contributed by atoms with van der Waals surface area (Å²) in [7, 11) is 1.64. The van der Waals surface area contributed by atoms with E-state index in [9.17, 15) is 4.79 Å². The van der Waals surface area contributed by atoms with Crippen molar-refractivity contribution in [1.29, 1.82) is 0 Å². The number of rotatable bonds is 7. The molecule has 1 heterocycles. The van der Waals surface area contributed by atoms with Crippen LogP contribution in [0.1, 0.15) is 30.3 Å². The minimum Gasteiger partial charge on any atom is -0.476 e. The van der Waals surface area contributed by atoms with Gasteiger partial charge >= 0.3 is 5.97 Å². The van der Waals surface area contributed by atoms with Crippen LogP contribution in [0.3, 0.4) is 0 Å². The summed E-state index contributed by atoms with van der Waals surface area (Å²) in [5.41, 5.74) is -0.0608. The number of hydrogen-bond donors (Lipinski definition) is 2. The number of carboxylic acid groups (broad SMARTS) is 1. The molecule has 0 saturated heterocycles. The third-order valence-corrected chi connectivity index (χ3v) is 2.24. The number of nitrogens with zero attached hydrogens (tertiary/aromatic N) is 2. The molecular formula is C11H17N3O3. The lowest BCUT2D eigenvalue weighted by Crippen LogP contribution is -2.25. The Kier molecular flexibility index (Phi) is 5.35. The highest BCUT2D eigenvalue weighted by atomic mass is 16.5. The van der Waals surface area contributed by atoms with Crippen molar-refractivity contribution in [1.82, 2.24) is 10.2 Å². The number of methoxy groups -OCH3 is 1. The Balaban J connectivity index is 2.62. The van der Waals surface area contributed by atoms with E-state index in [1.54, 1.807) is 13.2 Å². The molecule has 0 fully saturated rings. The molecule has 0 aliphatic heterocycles. The van der Waals surface area contributed by atoms with Crippen molar-refractivity contribution in [3.05, 3.63) is 17.8 Å². The van der Waals surface area contributed by atoms with Crippen LogP contribution in [0.5, 0.6) is 0 Å². The van der Waals surface area contributed by atoms with Crippen molar-refractivity contribution in [3.8, 4) is 0 Å². The highest BCUT2D eigenvalue weighted by Crippen LogP contribution is 2.08. The van der Waals surface area contributed by atoms with E-state index in [0.717, 1.165) is 12.8 Å². The second-order valence-corrected chi connectivity index (χ2v) is 3.69. The predicted molar refractivity (Wildman–Crippen MR) is 63.2 cm³/mol. The second-order valence-electron chi connectivity index (χ2n) is 3.69. The molecule has 6 nitrogen and oxygen atoms in total. The SMILES string of the molecule is CCCC(COC)Nc1ccc(C(=O)O)nn1. The number of carboxylic acids is 1. The molecule has 1 aromatic heterocycles. The van der Waals surface area contributed by atoms with Gasteiger partial charge in [0.1, 0.15) is 5.82 Å². The van der Waals surface area contributed by atoms with Crippen LogP contribution in [-0.2, 0) is 4.74 Å². The molecule has 0 amide bonds. The van der Waals surface area contributed by atoms with Gasteiger partial charge in [0.05, 0.1) is 12.6 Å². The van der Waals surface area contributed by atoms with Crippen LogP contribution in [-0.4, -0.2) is 41.0 Å². The molecule has 94 valence electrons. The van der Waals surface area contributed by atoms with E-state index in [2.05, 4.69) is 22.4 Å². The first-order valence-corrected chi connectivity index (χ1v) is 5.49. The molecule has 0 aromatic carbocycles. The van der Waals surface area contributed by atoms with Gasteiger partial charge in [0.2, 0.25) is 0 Å². The van der Waals surface area contributed by atoms with Gasteiger partial charge in [0, 0.05) is 7.11 Å². The molecule has 0 aliphatic rings. The summed E-state index contributed by atoms with van der Waals surface area (Å²) in [5, 5.41) is 19.2. The van der Waals surface area contributed by atoms with E-state index in [1.165, 1.54) is 6.07 Å². The third-order valence-electron chi connectivity index (χ3n) is 2.24. The summed E-state index contributed by atoms with van der Waals surface area (Å²) in [6, 6.07) is 3.19. The molecule has 1 unspecified atom stereocenters. The second kappa shape index (κ2) is 6.80. The quantitative estimate of drug-likeness (QED) is 0.748. The molecule has 1 rings (SSSR count). The van der Waals surface area contributed by atoms with Crippen LogP contribution < -0.4 is 5.32 Å².